The van der Waals surface area contributed by atoms with Crippen molar-refractivity contribution in [3.8, 4) is 56.4 Å². The van der Waals surface area contributed by atoms with Crippen molar-refractivity contribution < 1.29 is 0 Å². The lowest BCUT2D eigenvalue weighted by Crippen LogP contribution is -2.15. The highest BCUT2D eigenvalue weighted by Gasteiger charge is 2.38. The Morgan fingerprint density at radius 2 is 0.818 bits per heavy atom. The zero-order valence-corrected chi connectivity index (χ0v) is 30.6. The Morgan fingerprint density at radius 3 is 1.47 bits per heavy atom. The third kappa shape index (κ3) is 4.79. The number of benzene rings is 9. The van der Waals surface area contributed by atoms with Gasteiger partial charge in [0, 0.05) is 22.1 Å². The van der Waals surface area contributed by atoms with Crippen LogP contribution < -0.4 is 0 Å². The molecule has 0 unspecified atom stereocenters. The molecule has 0 saturated heterocycles. The van der Waals surface area contributed by atoms with Gasteiger partial charge in [-0.2, -0.15) is 0 Å². The second kappa shape index (κ2) is 12.0. The van der Waals surface area contributed by atoms with Gasteiger partial charge in [-0.1, -0.05) is 178 Å². The van der Waals surface area contributed by atoms with Crippen LogP contribution in [0, 0.1) is 0 Å². The third-order valence-corrected chi connectivity index (χ3v) is 11.7. The quantitative estimate of drug-likeness (QED) is 0.171. The van der Waals surface area contributed by atoms with E-state index in [1.54, 1.807) is 0 Å². The van der Waals surface area contributed by atoms with E-state index in [-0.39, 0.29) is 5.41 Å². The van der Waals surface area contributed by atoms with Crippen LogP contribution in [0.4, 0.5) is 0 Å². The molecule has 1 aromatic heterocycles. The summed E-state index contributed by atoms with van der Waals surface area (Å²) in [7, 11) is 0. The fraction of sp³-hybridized carbons (Fsp3) is 0.0577. The number of nitrogens with zero attached hydrogens (tertiary/aromatic N) is 3. The number of hydrogen-bond acceptors (Lipinski definition) is 3. The molecule has 0 saturated carbocycles. The summed E-state index contributed by atoms with van der Waals surface area (Å²) in [5.74, 6) is 1.96. The van der Waals surface area contributed by atoms with Crippen molar-refractivity contribution in [3.05, 3.63) is 187 Å². The van der Waals surface area contributed by atoms with Gasteiger partial charge in [-0.3, -0.25) is 0 Å². The SMILES string of the molecule is CC1(C)c2ccc(-c3cc4c(-c5nc(-c6ccccc6)nc(-c6ccccc6)n5)cccc4c4ccccc34)cc2-c2c1c1ccccc1c1ccccc21. The summed E-state index contributed by atoms with van der Waals surface area (Å²) in [6.07, 6.45) is 0. The number of rotatable bonds is 4. The molecule has 11 rings (SSSR count). The standard InChI is InChI=1S/C52H35N3/c1-52(2)46-29-28-34(30-45(46)47-40-24-13-11-21-36(40)37-22-12-14-25-41(37)48(47)52)43-31-44-39(35-20-9-10-23-38(35)43)26-15-27-42(44)51-54-49(32-16-5-3-6-17-32)53-50(55-51)33-18-7-4-8-19-33/h3-31H,1-2H3. The lowest BCUT2D eigenvalue weighted by molar-refractivity contribution is 0.666. The van der Waals surface area contributed by atoms with E-state index < -0.39 is 0 Å². The summed E-state index contributed by atoms with van der Waals surface area (Å²) in [5.41, 5.74) is 10.6. The minimum absolute atomic E-state index is 0.156. The molecule has 0 aliphatic heterocycles. The first-order valence-electron chi connectivity index (χ1n) is 19.0. The van der Waals surface area contributed by atoms with Crippen LogP contribution in [0.3, 0.4) is 0 Å². The maximum absolute atomic E-state index is 5.15. The van der Waals surface area contributed by atoms with E-state index in [2.05, 4.69) is 153 Å². The Balaban J connectivity index is 1.17. The topological polar surface area (TPSA) is 38.7 Å². The summed E-state index contributed by atoms with van der Waals surface area (Å²) in [6.45, 7) is 4.77. The molecule has 55 heavy (non-hydrogen) atoms. The first kappa shape index (κ1) is 31.5. The average Bonchev–Trinajstić information content (AvgIpc) is 3.49. The van der Waals surface area contributed by atoms with Gasteiger partial charge in [0.2, 0.25) is 0 Å². The molecule has 1 heterocycles. The van der Waals surface area contributed by atoms with Crippen LogP contribution in [0.25, 0.3) is 99.5 Å². The summed E-state index contributed by atoms with van der Waals surface area (Å²) in [6, 6.07) is 63.0. The van der Waals surface area contributed by atoms with Gasteiger partial charge in [-0.05, 0) is 88.6 Å². The molecule has 10 aromatic rings. The van der Waals surface area contributed by atoms with Crippen molar-refractivity contribution in [3.63, 3.8) is 0 Å². The van der Waals surface area contributed by atoms with Gasteiger partial charge in [0.15, 0.2) is 17.5 Å². The predicted molar refractivity (Wildman–Crippen MR) is 229 cm³/mol. The Kier molecular flexibility index (Phi) is 6.90. The molecule has 0 fully saturated rings. The van der Waals surface area contributed by atoms with Crippen LogP contribution in [0.2, 0.25) is 0 Å². The smallest absolute Gasteiger partial charge is 0.164 e. The summed E-state index contributed by atoms with van der Waals surface area (Å²) in [5, 5.41) is 9.96. The van der Waals surface area contributed by atoms with Gasteiger partial charge in [-0.25, -0.2) is 15.0 Å². The highest BCUT2D eigenvalue weighted by Crippen LogP contribution is 2.55. The molecule has 0 spiro atoms. The molecule has 9 aromatic carbocycles. The normalized spacial score (nSPS) is 13.1. The Morgan fingerprint density at radius 1 is 0.327 bits per heavy atom. The summed E-state index contributed by atoms with van der Waals surface area (Å²) >= 11 is 0. The molecule has 0 N–H and O–H groups in total. The van der Waals surface area contributed by atoms with Crippen LogP contribution in [-0.4, -0.2) is 15.0 Å². The van der Waals surface area contributed by atoms with Crippen LogP contribution >= 0.6 is 0 Å². The first-order chi connectivity index (χ1) is 27.0. The van der Waals surface area contributed by atoms with Crippen molar-refractivity contribution in [2.45, 2.75) is 19.3 Å². The van der Waals surface area contributed by atoms with Crippen molar-refractivity contribution in [1.82, 2.24) is 15.0 Å². The maximum Gasteiger partial charge on any atom is 0.164 e. The Labute approximate surface area is 319 Å². The molecule has 1 aliphatic carbocycles. The molecule has 0 amide bonds. The highest BCUT2D eigenvalue weighted by molar-refractivity contribution is 6.20. The van der Waals surface area contributed by atoms with Crippen LogP contribution in [0.5, 0.6) is 0 Å². The van der Waals surface area contributed by atoms with Crippen molar-refractivity contribution in [2.24, 2.45) is 0 Å². The molecule has 3 heteroatoms. The van der Waals surface area contributed by atoms with Gasteiger partial charge in [0.1, 0.15) is 0 Å². The van der Waals surface area contributed by atoms with E-state index in [9.17, 15) is 0 Å². The van der Waals surface area contributed by atoms with Gasteiger partial charge < -0.3 is 0 Å². The van der Waals surface area contributed by atoms with E-state index in [0.717, 1.165) is 22.1 Å². The summed E-state index contributed by atoms with van der Waals surface area (Å²) in [4.78, 5) is 15.3. The van der Waals surface area contributed by atoms with E-state index in [1.165, 1.54) is 71.1 Å². The van der Waals surface area contributed by atoms with Gasteiger partial charge in [0.05, 0.1) is 0 Å². The second-order valence-corrected chi connectivity index (χ2v) is 15.1. The van der Waals surface area contributed by atoms with E-state index in [0.29, 0.717) is 17.5 Å². The monoisotopic (exact) mass is 701 g/mol. The minimum Gasteiger partial charge on any atom is -0.208 e. The van der Waals surface area contributed by atoms with Crippen LogP contribution in [-0.2, 0) is 5.41 Å². The van der Waals surface area contributed by atoms with Gasteiger partial charge in [-0.15, -0.1) is 0 Å². The van der Waals surface area contributed by atoms with Crippen LogP contribution in [0.1, 0.15) is 25.0 Å². The zero-order chi connectivity index (χ0) is 36.7. The number of aromatic nitrogens is 3. The molecular formula is C52H35N3. The molecule has 1 aliphatic rings. The minimum atomic E-state index is -0.156. The maximum atomic E-state index is 5.15. The predicted octanol–water partition coefficient (Wildman–Crippen LogP) is 13.5. The van der Waals surface area contributed by atoms with E-state index >= 15 is 0 Å². The molecule has 0 atom stereocenters. The fourth-order valence-corrected chi connectivity index (χ4v) is 9.16. The Bertz CT molecular complexity index is 3110. The zero-order valence-electron chi connectivity index (χ0n) is 30.6. The third-order valence-electron chi connectivity index (χ3n) is 11.7. The van der Waals surface area contributed by atoms with Crippen molar-refractivity contribution in [2.75, 3.05) is 0 Å². The fourth-order valence-electron chi connectivity index (χ4n) is 9.16. The molecular weight excluding hydrogens is 667 g/mol. The lowest BCUT2D eigenvalue weighted by Gasteiger charge is -2.24. The summed E-state index contributed by atoms with van der Waals surface area (Å²) < 4.78 is 0. The average molecular weight is 702 g/mol. The second-order valence-electron chi connectivity index (χ2n) is 15.1. The molecule has 3 nitrogen and oxygen atoms in total. The highest BCUT2D eigenvalue weighted by atomic mass is 15.0. The largest absolute Gasteiger partial charge is 0.208 e. The van der Waals surface area contributed by atoms with Crippen molar-refractivity contribution in [1.29, 1.82) is 0 Å². The Hall–Kier alpha value is -6.97. The number of hydrogen-bond donors (Lipinski definition) is 0. The van der Waals surface area contributed by atoms with Crippen LogP contribution in [0.15, 0.2) is 176 Å². The lowest BCUT2D eigenvalue weighted by atomic mass is 9.79. The van der Waals surface area contributed by atoms with Crippen molar-refractivity contribution >= 4 is 43.1 Å². The van der Waals surface area contributed by atoms with E-state index in [1.807, 2.05) is 36.4 Å². The first-order valence-corrected chi connectivity index (χ1v) is 19.0. The molecule has 0 radical (unpaired) electrons. The molecule has 258 valence electrons. The molecule has 0 bridgehead atoms. The van der Waals surface area contributed by atoms with Gasteiger partial charge >= 0.3 is 0 Å². The number of fused-ring (bicyclic) bond motifs is 11. The van der Waals surface area contributed by atoms with Gasteiger partial charge in [0.25, 0.3) is 0 Å². The van der Waals surface area contributed by atoms with E-state index in [4.69, 9.17) is 15.0 Å².